The maximum atomic E-state index is 12.3. The Morgan fingerprint density at radius 2 is 2.19 bits per heavy atom. The molecule has 1 aromatic rings. The largest absolute Gasteiger partial charge is 0.373 e. The first kappa shape index (κ1) is 16.1. The van der Waals surface area contributed by atoms with Gasteiger partial charge in [0, 0.05) is 20.0 Å². The number of carbonyl (C=O) groups excluding carboxylic acids is 1. The molecule has 1 N–H and O–H groups in total. The van der Waals surface area contributed by atoms with E-state index >= 15 is 0 Å². The summed E-state index contributed by atoms with van der Waals surface area (Å²) in [5.74, 6) is 2.25. The lowest BCUT2D eigenvalue weighted by Crippen LogP contribution is -2.30. The molecule has 1 saturated heterocycles. The highest BCUT2D eigenvalue weighted by atomic mass is 35.5. The van der Waals surface area contributed by atoms with Crippen LogP contribution >= 0.6 is 11.6 Å². The van der Waals surface area contributed by atoms with Crippen LogP contribution in [0.4, 0.5) is 5.82 Å². The SMILES string of the molecule is CNc1ccc(Cl)c(CN2CCC(C(C)C)CCC2=O)n1. The van der Waals surface area contributed by atoms with Gasteiger partial charge < -0.3 is 10.2 Å². The van der Waals surface area contributed by atoms with Gasteiger partial charge >= 0.3 is 0 Å². The standard InChI is InChI=1S/C16H24ClN3O/c1-11(2)12-4-7-16(21)20(9-8-12)10-14-13(17)5-6-15(18-3)19-14/h5-6,11-12H,4,7-10H2,1-3H3,(H,18,19). The van der Waals surface area contributed by atoms with Crippen molar-refractivity contribution in [1.29, 1.82) is 0 Å². The molecule has 1 unspecified atom stereocenters. The van der Waals surface area contributed by atoms with Gasteiger partial charge in [-0.3, -0.25) is 4.79 Å². The zero-order chi connectivity index (χ0) is 15.4. The van der Waals surface area contributed by atoms with Crippen molar-refractivity contribution in [2.45, 2.75) is 39.7 Å². The Morgan fingerprint density at radius 1 is 1.43 bits per heavy atom. The van der Waals surface area contributed by atoms with Crippen molar-refractivity contribution in [3.63, 3.8) is 0 Å². The van der Waals surface area contributed by atoms with E-state index in [0.717, 1.165) is 30.9 Å². The summed E-state index contributed by atoms with van der Waals surface area (Å²) in [7, 11) is 1.82. The third-order valence-corrected chi connectivity index (χ3v) is 4.65. The van der Waals surface area contributed by atoms with E-state index < -0.39 is 0 Å². The van der Waals surface area contributed by atoms with Gasteiger partial charge in [-0.25, -0.2) is 4.98 Å². The number of halogens is 1. The lowest BCUT2D eigenvalue weighted by Gasteiger charge is -2.22. The average molecular weight is 310 g/mol. The number of nitrogens with zero attached hydrogens (tertiary/aromatic N) is 2. The Kier molecular flexibility index (Phi) is 5.45. The van der Waals surface area contributed by atoms with E-state index in [9.17, 15) is 4.79 Å². The molecule has 2 rings (SSSR count). The molecule has 0 saturated carbocycles. The van der Waals surface area contributed by atoms with Crippen molar-refractivity contribution in [3.8, 4) is 0 Å². The maximum absolute atomic E-state index is 12.3. The first-order chi connectivity index (χ1) is 10.0. The van der Waals surface area contributed by atoms with Gasteiger partial charge in [-0.05, 0) is 36.8 Å². The van der Waals surface area contributed by atoms with E-state index in [1.54, 1.807) is 0 Å². The fraction of sp³-hybridized carbons (Fsp3) is 0.625. The number of rotatable bonds is 4. The number of amides is 1. The number of aromatic nitrogens is 1. The highest BCUT2D eigenvalue weighted by molar-refractivity contribution is 6.31. The Hall–Kier alpha value is -1.29. The number of pyridine rings is 1. The molecule has 1 amide bonds. The first-order valence-electron chi connectivity index (χ1n) is 7.62. The number of hydrogen-bond donors (Lipinski definition) is 1. The highest BCUT2D eigenvalue weighted by Crippen LogP contribution is 2.27. The van der Waals surface area contributed by atoms with E-state index in [4.69, 9.17) is 11.6 Å². The van der Waals surface area contributed by atoms with Crippen LogP contribution in [0.2, 0.25) is 5.02 Å². The minimum Gasteiger partial charge on any atom is -0.373 e. The second-order valence-corrected chi connectivity index (χ2v) is 6.43. The highest BCUT2D eigenvalue weighted by Gasteiger charge is 2.25. The van der Waals surface area contributed by atoms with Gasteiger partial charge in [-0.2, -0.15) is 0 Å². The van der Waals surface area contributed by atoms with Crippen LogP contribution in [-0.2, 0) is 11.3 Å². The molecule has 1 aliphatic heterocycles. The van der Waals surface area contributed by atoms with Gasteiger partial charge in [-0.1, -0.05) is 25.4 Å². The predicted octanol–water partition coefficient (Wildman–Crippen LogP) is 3.56. The summed E-state index contributed by atoms with van der Waals surface area (Å²) in [6, 6.07) is 3.67. The van der Waals surface area contributed by atoms with Crippen molar-refractivity contribution in [2.24, 2.45) is 11.8 Å². The van der Waals surface area contributed by atoms with Crippen molar-refractivity contribution in [3.05, 3.63) is 22.8 Å². The summed E-state index contributed by atoms with van der Waals surface area (Å²) < 4.78 is 0. The molecule has 116 valence electrons. The van der Waals surface area contributed by atoms with Gasteiger partial charge in [0.2, 0.25) is 5.91 Å². The molecule has 21 heavy (non-hydrogen) atoms. The van der Waals surface area contributed by atoms with Crippen molar-refractivity contribution in [1.82, 2.24) is 9.88 Å². The Bertz CT molecular complexity index is 504. The quantitative estimate of drug-likeness (QED) is 0.925. The lowest BCUT2D eigenvalue weighted by molar-refractivity contribution is -0.131. The molecule has 4 nitrogen and oxygen atoms in total. The van der Waals surface area contributed by atoms with Crippen LogP contribution < -0.4 is 5.32 Å². The number of nitrogens with one attached hydrogen (secondary N) is 1. The second kappa shape index (κ2) is 7.12. The van der Waals surface area contributed by atoms with Gasteiger partial charge in [-0.15, -0.1) is 0 Å². The molecule has 2 heterocycles. The van der Waals surface area contributed by atoms with Crippen LogP contribution in [0.1, 0.15) is 38.8 Å². The van der Waals surface area contributed by atoms with Crippen LogP contribution in [0.15, 0.2) is 12.1 Å². The summed E-state index contributed by atoms with van der Waals surface area (Å²) in [6.07, 6.45) is 2.68. The fourth-order valence-corrected chi connectivity index (χ4v) is 2.97. The minimum atomic E-state index is 0.214. The Balaban J connectivity index is 2.09. The molecule has 1 fully saturated rings. The van der Waals surface area contributed by atoms with E-state index in [1.165, 1.54) is 0 Å². The van der Waals surface area contributed by atoms with Crippen LogP contribution in [0.25, 0.3) is 0 Å². The number of anilines is 1. The van der Waals surface area contributed by atoms with E-state index in [2.05, 4.69) is 24.1 Å². The first-order valence-corrected chi connectivity index (χ1v) is 8.00. The zero-order valence-corrected chi connectivity index (χ0v) is 13.8. The van der Waals surface area contributed by atoms with Crippen LogP contribution in [-0.4, -0.2) is 29.4 Å². The third kappa shape index (κ3) is 4.10. The summed E-state index contributed by atoms with van der Waals surface area (Å²) >= 11 is 6.21. The number of hydrogen-bond acceptors (Lipinski definition) is 3. The monoisotopic (exact) mass is 309 g/mol. The molecule has 1 atom stereocenters. The molecule has 5 heteroatoms. The summed E-state index contributed by atoms with van der Waals surface area (Å²) in [6.45, 7) is 5.76. The second-order valence-electron chi connectivity index (χ2n) is 6.02. The summed E-state index contributed by atoms with van der Waals surface area (Å²) in [5, 5.41) is 3.62. The third-order valence-electron chi connectivity index (χ3n) is 4.31. The number of carbonyl (C=O) groups is 1. The van der Waals surface area contributed by atoms with Crippen LogP contribution in [0.5, 0.6) is 0 Å². The molecule has 0 aliphatic carbocycles. The van der Waals surface area contributed by atoms with E-state index in [1.807, 2.05) is 24.1 Å². The summed E-state index contributed by atoms with van der Waals surface area (Å²) in [5.41, 5.74) is 0.764. The summed E-state index contributed by atoms with van der Waals surface area (Å²) in [4.78, 5) is 18.7. The normalized spacial score (nSPS) is 19.8. The molecule has 0 bridgehead atoms. The zero-order valence-electron chi connectivity index (χ0n) is 13.0. The van der Waals surface area contributed by atoms with Crippen molar-refractivity contribution in [2.75, 3.05) is 18.9 Å². The molecular formula is C16H24ClN3O. The average Bonchev–Trinajstić information content (AvgIpc) is 2.64. The predicted molar refractivity (Wildman–Crippen MR) is 86.4 cm³/mol. The van der Waals surface area contributed by atoms with Crippen molar-refractivity contribution >= 4 is 23.3 Å². The maximum Gasteiger partial charge on any atom is 0.222 e. The minimum absolute atomic E-state index is 0.214. The van der Waals surface area contributed by atoms with Crippen molar-refractivity contribution < 1.29 is 4.79 Å². The molecule has 0 spiro atoms. The lowest BCUT2D eigenvalue weighted by atomic mass is 9.89. The Morgan fingerprint density at radius 3 is 2.86 bits per heavy atom. The van der Waals surface area contributed by atoms with Gasteiger partial charge in [0.25, 0.3) is 0 Å². The molecular weight excluding hydrogens is 286 g/mol. The topological polar surface area (TPSA) is 45.2 Å². The van der Waals surface area contributed by atoms with E-state index in [0.29, 0.717) is 29.8 Å². The number of likely N-dealkylation sites (tertiary alicyclic amines) is 1. The molecule has 0 radical (unpaired) electrons. The van der Waals surface area contributed by atoms with Gasteiger partial charge in [0.1, 0.15) is 5.82 Å². The van der Waals surface area contributed by atoms with E-state index in [-0.39, 0.29) is 5.91 Å². The Labute approximate surface area is 131 Å². The van der Waals surface area contributed by atoms with Crippen LogP contribution in [0.3, 0.4) is 0 Å². The smallest absolute Gasteiger partial charge is 0.222 e. The van der Waals surface area contributed by atoms with Gasteiger partial charge in [0.15, 0.2) is 0 Å². The molecule has 1 aliphatic rings. The molecule has 0 aromatic carbocycles. The fourth-order valence-electron chi connectivity index (χ4n) is 2.81. The van der Waals surface area contributed by atoms with Gasteiger partial charge in [0.05, 0.1) is 17.3 Å². The van der Waals surface area contributed by atoms with Crippen LogP contribution in [0, 0.1) is 11.8 Å². The molecule has 1 aromatic heterocycles.